The lowest BCUT2D eigenvalue weighted by atomic mass is 9.88. The fraction of sp³-hybridized carbons (Fsp3) is 0.118. The predicted octanol–water partition coefficient (Wildman–Crippen LogP) is 2.85. The third kappa shape index (κ3) is 6.49. The minimum atomic E-state index is -0.867. The number of ether oxygens (including phenoxy) is 1. The van der Waals surface area contributed by atoms with Crippen molar-refractivity contribution in [2.75, 3.05) is 0 Å². The summed E-state index contributed by atoms with van der Waals surface area (Å²) in [5.41, 5.74) is 6.09. The molecule has 0 radical (unpaired) electrons. The lowest BCUT2D eigenvalue weighted by Gasteiger charge is -2.29. The van der Waals surface area contributed by atoms with Crippen LogP contribution in [0.25, 0.3) is 0 Å². The second-order valence-corrected chi connectivity index (χ2v) is 4.39. The Labute approximate surface area is 139 Å². The zero-order chi connectivity index (χ0) is 18.4. The minimum Gasteiger partial charge on any atom is -0.434 e. The molecule has 7 heteroatoms. The summed E-state index contributed by atoms with van der Waals surface area (Å²) in [6.45, 7) is 1.84. The number of hydrogen-bond acceptors (Lipinski definition) is 6. The van der Waals surface area contributed by atoms with Crippen LogP contribution in [0.1, 0.15) is 18.1 Å². The van der Waals surface area contributed by atoms with E-state index in [0.29, 0.717) is 0 Å². The van der Waals surface area contributed by atoms with Crippen molar-refractivity contribution >= 4 is 18.3 Å². The van der Waals surface area contributed by atoms with Crippen molar-refractivity contribution < 1.29 is 19.1 Å². The van der Waals surface area contributed by atoms with Gasteiger partial charge in [-0.15, -0.1) is 0 Å². The standard InChI is InChI=1S/C15H15NO2.2CHNO/c1-15(18-14(16)17,12-8-4-2-5-9-12)13-10-6-3-7-11-13;2*2-1-3/h2-11H,1H3,(H2,16,17);2*2H. The summed E-state index contributed by atoms with van der Waals surface area (Å²) in [5.74, 6) is 0. The molecule has 0 aliphatic rings. The number of nitrogens with two attached hydrogens (primary N) is 1. The summed E-state index contributed by atoms with van der Waals surface area (Å²) in [6, 6.07) is 19.1. The van der Waals surface area contributed by atoms with Crippen LogP contribution in [-0.4, -0.2) is 18.3 Å². The fourth-order valence-electron chi connectivity index (χ4n) is 2.00. The summed E-state index contributed by atoms with van der Waals surface area (Å²) < 4.78 is 5.35. The Morgan fingerprint density at radius 3 is 1.46 bits per heavy atom. The summed E-state index contributed by atoms with van der Waals surface area (Å²) in [6.07, 6.45) is 0.713. The Morgan fingerprint density at radius 2 is 1.21 bits per heavy atom. The van der Waals surface area contributed by atoms with Crippen molar-refractivity contribution in [1.29, 1.82) is 10.8 Å². The molecule has 0 atom stereocenters. The van der Waals surface area contributed by atoms with Crippen molar-refractivity contribution in [2.45, 2.75) is 12.5 Å². The van der Waals surface area contributed by atoms with Gasteiger partial charge in [0, 0.05) is 0 Å². The van der Waals surface area contributed by atoms with E-state index in [9.17, 15) is 4.79 Å². The lowest BCUT2D eigenvalue weighted by molar-refractivity contribution is 0.0596. The SMILES string of the molecule is CC(OC(N)=O)(c1ccccc1)c1ccccc1.N=C=O.N=C=O. The van der Waals surface area contributed by atoms with Gasteiger partial charge in [-0.1, -0.05) is 60.7 Å². The van der Waals surface area contributed by atoms with Gasteiger partial charge in [0.2, 0.25) is 12.2 Å². The number of rotatable bonds is 3. The zero-order valence-corrected chi connectivity index (χ0v) is 13.0. The number of carbonyl (C=O) groups excluding carboxylic acids is 3. The first-order chi connectivity index (χ1) is 11.5. The van der Waals surface area contributed by atoms with E-state index in [1.165, 1.54) is 0 Å². The van der Waals surface area contributed by atoms with Crippen LogP contribution in [0.3, 0.4) is 0 Å². The third-order valence-corrected chi connectivity index (χ3v) is 2.95. The van der Waals surface area contributed by atoms with Crippen LogP contribution < -0.4 is 5.73 Å². The van der Waals surface area contributed by atoms with E-state index >= 15 is 0 Å². The molecule has 0 aromatic heterocycles. The molecule has 1 amide bonds. The molecule has 2 rings (SSSR count). The maximum Gasteiger partial charge on any atom is 0.405 e. The molecule has 124 valence electrons. The van der Waals surface area contributed by atoms with E-state index in [1.54, 1.807) is 0 Å². The van der Waals surface area contributed by atoms with Crippen LogP contribution >= 0.6 is 0 Å². The number of carbonyl (C=O) groups is 1. The molecule has 0 fully saturated rings. The first-order valence-corrected chi connectivity index (χ1v) is 6.63. The first-order valence-electron chi connectivity index (χ1n) is 6.63. The van der Waals surface area contributed by atoms with Gasteiger partial charge in [0.15, 0.2) is 5.60 Å². The Balaban J connectivity index is 0.000000772. The van der Waals surface area contributed by atoms with Gasteiger partial charge in [0.25, 0.3) is 0 Å². The molecule has 0 bridgehead atoms. The Morgan fingerprint density at radius 1 is 0.917 bits per heavy atom. The first kappa shape index (κ1) is 20.5. The molecule has 24 heavy (non-hydrogen) atoms. The van der Waals surface area contributed by atoms with Gasteiger partial charge in [-0.3, -0.25) is 0 Å². The summed E-state index contributed by atoms with van der Waals surface area (Å²) in [4.78, 5) is 27.9. The third-order valence-electron chi connectivity index (χ3n) is 2.95. The molecule has 0 saturated carbocycles. The van der Waals surface area contributed by atoms with E-state index in [0.717, 1.165) is 23.3 Å². The van der Waals surface area contributed by atoms with E-state index < -0.39 is 11.7 Å². The number of hydrogen-bond donors (Lipinski definition) is 3. The summed E-state index contributed by atoms with van der Waals surface area (Å²) >= 11 is 0. The Hall–Kier alpha value is -3.53. The molecule has 0 aliphatic heterocycles. The normalized spacial score (nSPS) is 8.88. The van der Waals surface area contributed by atoms with Crippen molar-refractivity contribution in [3.63, 3.8) is 0 Å². The van der Waals surface area contributed by atoms with Gasteiger partial charge >= 0.3 is 6.09 Å². The van der Waals surface area contributed by atoms with E-state index in [1.807, 2.05) is 67.6 Å². The molecule has 0 spiro atoms. The molecule has 2 aromatic carbocycles. The van der Waals surface area contributed by atoms with Crippen LogP contribution in [0.5, 0.6) is 0 Å². The molecule has 0 aliphatic carbocycles. The highest BCUT2D eigenvalue weighted by atomic mass is 16.6. The smallest absolute Gasteiger partial charge is 0.405 e. The zero-order valence-electron chi connectivity index (χ0n) is 13.0. The van der Waals surface area contributed by atoms with Crippen LogP contribution in [0.2, 0.25) is 0 Å². The van der Waals surface area contributed by atoms with Gasteiger partial charge < -0.3 is 10.5 Å². The Kier molecular flexibility index (Phi) is 9.46. The highest BCUT2D eigenvalue weighted by Gasteiger charge is 2.32. The molecule has 0 heterocycles. The number of benzene rings is 2. The quantitative estimate of drug-likeness (QED) is 0.590. The maximum absolute atomic E-state index is 11.2. The van der Waals surface area contributed by atoms with Crippen molar-refractivity contribution in [3.05, 3.63) is 71.8 Å². The second-order valence-electron chi connectivity index (χ2n) is 4.39. The predicted molar refractivity (Wildman–Crippen MR) is 86.8 cm³/mol. The molecular formula is C17H17N3O4. The number of isocyanates is 2. The molecule has 4 N–H and O–H groups in total. The maximum atomic E-state index is 11.2. The number of primary amides is 1. The van der Waals surface area contributed by atoms with Crippen molar-refractivity contribution in [3.8, 4) is 0 Å². The van der Waals surface area contributed by atoms with Gasteiger partial charge in [-0.05, 0) is 18.1 Å². The molecule has 0 unspecified atom stereocenters. The lowest BCUT2D eigenvalue weighted by Crippen LogP contribution is -2.33. The van der Waals surface area contributed by atoms with Crippen LogP contribution in [0, 0.1) is 10.8 Å². The van der Waals surface area contributed by atoms with Gasteiger partial charge in [-0.25, -0.2) is 25.2 Å². The van der Waals surface area contributed by atoms with Crippen molar-refractivity contribution in [2.24, 2.45) is 5.73 Å². The highest BCUT2D eigenvalue weighted by Crippen LogP contribution is 2.32. The van der Waals surface area contributed by atoms with E-state index in [2.05, 4.69) is 0 Å². The average molecular weight is 327 g/mol. The number of amides is 1. The molecular weight excluding hydrogens is 310 g/mol. The van der Waals surface area contributed by atoms with Crippen LogP contribution in [0.4, 0.5) is 4.79 Å². The molecule has 2 aromatic rings. The highest BCUT2D eigenvalue weighted by molar-refractivity contribution is 5.66. The minimum absolute atomic E-state index is 0.750. The summed E-state index contributed by atoms with van der Waals surface area (Å²) in [5, 5.41) is 10.8. The largest absolute Gasteiger partial charge is 0.434 e. The average Bonchev–Trinajstić information content (AvgIpc) is 2.57. The fourth-order valence-corrected chi connectivity index (χ4v) is 2.00. The Bertz CT molecular complexity index is 639. The number of nitrogens with one attached hydrogen (secondary N) is 2. The molecule has 7 nitrogen and oxygen atoms in total. The van der Waals surface area contributed by atoms with E-state index in [-0.39, 0.29) is 0 Å². The van der Waals surface area contributed by atoms with Gasteiger partial charge in [-0.2, -0.15) is 0 Å². The van der Waals surface area contributed by atoms with Gasteiger partial charge in [0.1, 0.15) is 0 Å². The topological polar surface area (TPSA) is 134 Å². The van der Waals surface area contributed by atoms with Crippen LogP contribution in [-0.2, 0) is 19.9 Å². The monoisotopic (exact) mass is 327 g/mol. The van der Waals surface area contributed by atoms with Crippen LogP contribution in [0.15, 0.2) is 60.7 Å². The second kappa shape index (κ2) is 11.1. The molecule has 0 saturated heterocycles. The summed E-state index contributed by atoms with van der Waals surface area (Å²) in [7, 11) is 0. The van der Waals surface area contributed by atoms with E-state index in [4.69, 9.17) is 30.9 Å². The van der Waals surface area contributed by atoms with Gasteiger partial charge in [0.05, 0.1) is 0 Å². The van der Waals surface area contributed by atoms with Crippen molar-refractivity contribution in [1.82, 2.24) is 0 Å².